The first-order valence-electron chi connectivity index (χ1n) is 10.2. The molecule has 0 unspecified atom stereocenters. The maximum Gasteiger partial charge on any atom is 0.251 e. The Bertz CT molecular complexity index is 1030. The molecule has 0 aliphatic carbocycles. The van der Waals surface area contributed by atoms with Crippen LogP contribution < -0.4 is 16.8 Å². The van der Waals surface area contributed by atoms with Crippen molar-refractivity contribution in [1.82, 2.24) is 5.32 Å². The lowest BCUT2D eigenvalue weighted by Gasteiger charge is -2.16. The molecule has 6 heteroatoms. The van der Waals surface area contributed by atoms with E-state index in [2.05, 4.69) is 5.32 Å². The van der Waals surface area contributed by atoms with Gasteiger partial charge in [-0.15, -0.1) is 0 Å². The number of nitrogens with two attached hydrogens (primary N) is 2. The Morgan fingerprint density at radius 3 is 2.23 bits per heavy atom. The van der Waals surface area contributed by atoms with Crippen LogP contribution in [-0.4, -0.2) is 23.0 Å². The fourth-order valence-corrected chi connectivity index (χ4v) is 3.39. The zero-order chi connectivity index (χ0) is 22.2. The van der Waals surface area contributed by atoms with Gasteiger partial charge in [0.05, 0.1) is 0 Å². The molecular weight excluding hydrogens is 390 g/mol. The lowest BCUT2D eigenvalue weighted by atomic mass is 10.00. The molecule has 0 aromatic heterocycles. The number of phenolic OH excluding ortho intramolecular Hbond substituents is 1. The van der Waals surface area contributed by atoms with Crippen LogP contribution in [0.1, 0.15) is 33.5 Å². The minimum absolute atomic E-state index is 0.221. The predicted molar refractivity (Wildman–Crippen MR) is 122 cm³/mol. The molecule has 0 fully saturated rings. The van der Waals surface area contributed by atoms with Crippen LogP contribution in [0, 0.1) is 0 Å². The van der Waals surface area contributed by atoms with Crippen LogP contribution in [0.3, 0.4) is 0 Å². The van der Waals surface area contributed by atoms with Crippen molar-refractivity contribution in [2.75, 3.05) is 5.73 Å². The smallest absolute Gasteiger partial charge is 0.251 e. The van der Waals surface area contributed by atoms with E-state index in [0.29, 0.717) is 30.5 Å². The molecule has 0 saturated heterocycles. The second-order valence-corrected chi connectivity index (χ2v) is 7.53. The molecule has 0 saturated carbocycles. The molecule has 6 N–H and O–H groups in total. The van der Waals surface area contributed by atoms with Gasteiger partial charge in [0.25, 0.3) is 5.91 Å². The number of primary amides is 1. The van der Waals surface area contributed by atoms with Crippen LogP contribution in [0.25, 0.3) is 0 Å². The molecule has 0 bridgehead atoms. The molecule has 0 heterocycles. The Morgan fingerprint density at radius 1 is 0.871 bits per heavy atom. The van der Waals surface area contributed by atoms with Crippen molar-refractivity contribution in [3.8, 4) is 5.75 Å². The van der Waals surface area contributed by atoms with Crippen LogP contribution in [0.15, 0.2) is 72.8 Å². The van der Waals surface area contributed by atoms with Gasteiger partial charge in [0.1, 0.15) is 11.8 Å². The molecule has 0 spiro atoms. The number of amides is 2. The SMILES string of the molecule is NC(=O)[C@H](CCc1ccccc1)NC(=O)c1ccc(N)c(CCc2ccc(O)cc2)c1. The van der Waals surface area contributed by atoms with E-state index >= 15 is 0 Å². The minimum atomic E-state index is -0.759. The van der Waals surface area contributed by atoms with E-state index in [9.17, 15) is 14.7 Å². The summed E-state index contributed by atoms with van der Waals surface area (Å²) in [5.41, 5.74) is 15.6. The number of aromatic hydroxyl groups is 1. The summed E-state index contributed by atoms with van der Waals surface area (Å²) < 4.78 is 0. The molecule has 0 aliphatic rings. The number of anilines is 1. The summed E-state index contributed by atoms with van der Waals surface area (Å²) in [4.78, 5) is 24.6. The molecule has 1 atom stereocenters. The van der Waals surface area contributed by atoms with Crippen molar-refractivity contribution in [2.45, 2.75) is 31.7 Å². The average molecular weight is 418 g/mol. The van der Waals surface area contributed by atoms with E-state index in [4.69, 9.17) is 11.5 Å². The van der Waals surface area contributed by atoms with E-state index in [0.717, 1.165) is 23.1 Å². The van der Waals surface area contributed by atoms with Gasteiger partial charge in [0.15, 0.2) is 0 Å². The van der Waals surface area contributed by atoms with Crippen LogP contribution in [0.4, 0.5) is 5.69 Å². The number of hydrogen-bond donors (Lipinski definition) is 4. The molecule has 160 valence electrons. The molecule has 31 heavy (non-hydrogen) atoms. The van der Waals surface area contributed by atoms with E-state index < -0.39 is 11.9 Å². The number of carbonyl (C=O) groups excluding carboxylic acids is 2. The lowest BCUT2D eigenvalue weighted by Crippen LogP contribution is -2.44. The molecule has 6 nitrogen and oxygen atoms in total. The molecule has 0 aliphatic heterocycles. The maximum absolute atomic E-state index is 12.8. The van der Waals surface area contributed by atoms with Gasteiger partial charge in [-0.25, -0.2) is 0 Å². The number of phenols is 1. The van der Waals surface area contributed by atoms with Crippen LogP contribution >= 0.6 is 0 Å². The molecule has 3 aromatic carbocycles. The van der Waals surface area contributed by atoms with Crippen molar-refractivity contribution in [3.63, 3.8) is 0 Å². The fourth-order valence-electron chi connectivity index (χ4n) is 3.39. The minimum Gasteiger partial charge on any atom is -0.508 e. The van der Waals surface area contributed by atoms with Crippen LogP contribution in [0.2, 0.25) is 0 Å². The summed E-state index contributed by atoms with van der Waals surface area (Å²) in [5.74, 6) is -0.701. The summed E-state index contributed by atoms with van der Waals surface area (Å²) >= 11 is 0. The first-order valence-corrected chi connectivity index (χ1v) is 10.2. The highest BCUT2D eigenvalue weighted by Crippen LogP contribution is 2.18. The van der Waals surface area contributed by atoms with E-state index in [-0.39, 0.29) is 11.7 Å². The monoisotopic (exact) mass is 417 g/mol. The molecule has 2 amide bonds. The molecule has 3 rings (SSSR count). The third kappa shape index (κ3) is 6.34. The molecule has 0 radical (unpaired) electrons. The summed E-state index contributed by atoms with van der Waals surface area (Å²) in [6.07, 6.45) is 2.42. The van der Waals surface area contributed by atoms with E-state index in [1.54, 1.807) is 30.3 Å². The highest BCUT2D eigenvalue weighted by Gasteiger charge is 2.19. The number of benzene rings is 3. The predicted octanol–water partition coefficient (Wildman–Crippen LogP) is 2.98. The third-order valence-electron chi connectivity index (χ3n) is 5.24. The van der Waals surface area contributed by atoms with Crippen molar-refractivity contribution in [2.24, 2.45) is 5.73 Å². The zero-order valence-corrected chi connectivity index (χ0v) is 17.3. The van der Waals surface area contributed by atoms with Crippen molar-refractivity contribution < 1.29 is 14.7 Å². The fraction of sp³-hybridized carbons (Fsp3) is 0.200. The number of nitrogens with one attached hydrogen (secondary N) is 1. The second-order valence-electron chi connectivity index (χ2n) is 7.53. The van der Waals surface area contributed by atoms with Gasteiger partial charge in [0.2, 0.25) is 5.91 Å². The largest absolute Gasteiger partial charge is 0.508 e. The highest BCUT2D eigenvalue weighted by atomic mass is 16.3. The van der Waals surface area contributed by atoms with Gasteiger partial charge in [0, 0.05) is 11.3 Å². The Labute approximate surface area is 181 Å². The summed E-state index contributed by atoms with van der Waals surface area (Å²) in [6, 6.07) is 21.1. The Balaban J connectivity index is 1.64. The number of nitrogen functional groups attached to an aromatic ring is 1. The zero-order valence-electron chi connectivity index (χ0n) is 17.3. The number of rotatable bonds is 9. The topological polar surface area (TPSA) is 118 Å². The third-order valence-corrected chi connectivity index (χ3v) is 5.24. The van der Waals surface area contributed by atoms with Gasteiger partial charge in [-0.05, 0) is 72.7 Å². The first kappa shape index (κ1) is 21.9. The first-order chi connectivity index (χ1) is 14.9. The Kier molecular flexibility index (Phi) is 7.27. The van der Waals surface area contributed by atoms with Gasteiger partial charge in [-0.3, -0.25) is 9.59 Å². The van der Waals surface area contributed by atoms with Crippen molar-refractivity contribution >= 4 is 17.5 Å². The number of aryl methyl sites for hydroxylation is 3. The van der Waals surface area contributed by atoms with Crippen molar-refractivity contribution in [3.05, 3.63) is 95.1 Å². The van der Waals surface area contributed by atoms with Crippen molar-refractivity contribution in [1.29, 1.82) is 0 Å². The van der Waals surface area contributed by atoms with E-state index in [1.165, 1.54) is 0 Å². The highest BCUT2D eigenvalue weighted by molar-refractivity contribution is 5.97. The maximum atomic E-state index is 12.8. The summed E-state index contributed by atoms with van der Waals surface area (Å²) in [6.45, 7) is 0. The van der Waals surface area contributed by atoms with Gasteiger partial charge >= 0.3 is 0 Å². The average Bonchev–Trinajstić information content (AvgIpc) is 2.77. The molecular formula is C25H27N3O3. The normalized spacial score (nSPS) is 11.6. The quantitative estimate of drug-likeness (QED) is 0.400. The van der Waals surface area contributed by atoms with Crippen LogP contribution in [-0.2, 0) is 24.1 Å². The number of carbonyl (C=O) groups is 2. The second kappa shape index (κ2) is 10.3. The molecule has 3 aromatic rings. The Morgan fingerprint density at radius 2 is 1.55 bits per heavy atom. The van der Waals surface area contributed by atoms with E-state index in [1.807, 2.05) is 42.5 Å². The van der Waals surface area contributed by atoms with Crippen LogP contribution in [0.5, 0.6) is 5.75 Å². The standard InChI is InChI=1S/C25H27N3O3/c26-22-14-11-20(16-19(22)10-6-18-7-12-21(29)13-8-18)25(31)28-23(24(27)30)15-9-17-4-2-1-3-5-17/h1-5,7-8,11-14,16,23,29H,6,9-10,15,26H2,(H2,27,30)(H,28,31)/t23-/m0/s1. The van der Waals surface area contributed by atoms with Gasteiger partial charge in [-0.1, -0.05) is 42.5 Å². The van der Waals surface area contributed by atoms with Gasteiger partial charge < -0.3 is 21.9 Å². The number of hydrogen-bond acceptors (Lipinski definition) is 4. The summed E-state index contributed by atoms with van der Waals surface area (Å²) in [7, 11) is 0. The summed E-state index contributed by atoms with van der Waals surface area (Å²) in [5, 5.41) is 12.1. The van der Waals surface area contributed by atoms with Gasteiger partial charge in [-0.2, -0.15) is 0 Å². The lowest BCUT2D eigenvalue weighted by molar-refractivity contribution is -0.120. The Hall–Kier alpha value is -3.80.